The van der Waals surface area contributed by atoms with Gasteiger partial charge in [-0.25, -0.2) is 4.79 Å². The molecule has 0 unspecified atom stereocenters. The summed E-state index contributed by atoms with van der Waals surface area (Å²) in [6.45, 7) is 9.91. The molecule has 0 saturated heterocycles. The van der Waals surface area contributed by atoms with E-state index in [2.05, 4.69) is 0 Å². The molecular formula is C19H25NaO3. The van der Waals surface area contributed by atoms with Crippen molar-refractivity contribution in [1.29, 1.82) is 0 Å². The molecule has 0 atom stereocenters. The van der Waals surface area contributed by atoms with Crippen LogP contribution < -0.4 is 34.7 Å². The minimum Gasteiger partial charge on any atom is -0.872 e. The van der Waals surface area contributed by atoms with E-state index in [1.165, 1.54) is 0 Å². The molecule has 0 radical (unpaired) electrons. The number of hydrogen-bond acceptors (Lipinski definition) is 3. The topological polar surface area (TPSA) is 49.4 Å². The van der Waals surface area contributed by atoms with Crippen LogP contribution >= 0.6 is 0 Å². The fourth-order valence-corrected chi connectivity index (χ4v) is 3.66. The molecule has 120 valence electrons. The Hall–Kier alpha value is -0.770. The van der Waals surface area contributed by atoms with Crippen LogP contribution in [0.5, 0.6) is 0 Å². The smallest absolute Gasteiger partial charge is 0.872 e. The van der Waals surface area contributed by atoms with Crippen LogP contribution in [0, 0.1) is 20.8 Å². The first-order chi connectivity index (χ1) is 10.4. The van der Waals surface area contributed by atoms with Crippen LogP contribution in [0.15, 0.2) is 17.9 Å². The van der Waals surface area contributed by atoms with E-state index < -0.39 is 11.6 Å². The molecule has 3 nitrogen and oxygen atoms in total. The maximum absolute atomic E-state index is 12.7. The van der Waals surface area contributed by atoms with Gasteiger partial charge < -0.3 is 9.84 Å². The Labute approximate surface area is 161 Å². The molecule has 0 bridgehead atoms. The minimum atomic E-state index is -0.851. The van der Waals surface area contributed by atoms with Crippen molar-refractivity contribution in [3.05, 3.63) is 40.1 Å². The summed E-state index contributed by atoms with van der Waals surface area (Å²) in [7, 11) is 0. The van der Waals surface area contributed by atoms with Crippen LogP contribution in [0.3, 0.4) is 0 Å². The van der Waals surface area contributed by atoms with Crippen molar-refractivity contribution in [3.8, 4) is 0 Å². The average molecular weight is 324 g/mol. The summed E-state index contributed by atoms with van der Waals surface area (Å²) in [5.74, 6) is -0.540. The third-order valence-corrected chi connectivity index (χ3v) is 4.47. The van der Waals surface area contributed by atoms with Crippen molar-refractivity contribution < 1.29 is 44.2 Å². The molecule has 1 fully saturated rings. The molecule has 1 aromatic rings. The molecule has 1 spiro atoms. The molecule has 1 aromatic carbocycles. The Morgan fingerprint density at radius 2 is 1.52 bits per heavy atom. The summed E-state index contributed by atoms with van der Waals surface area (Å²) < 4.78 is 5.50. The van der Waals surface area contributed by atoms with Gasteiger partial charge in [0, 0.05) is 0 Å². The van der Waals surface area contributed by atoms with Crippen molar-refractivity contribution in [1.82, 2.24) is 0 Å². The third kappa shape index (κ3) is 3.52. The standard InChI is InChI=1S/C17H20O3.C2H6.Na/c1-10-8-11(2)13(12(3)9-10)14-15(18)17(20-16(14)19)6-4-5-7-17;1-2;/h8-9,18H,4-7H2,1-3H3;1-2H3;/q;;+1/p-1. The van der Waals surface area contributed by atoms with E-state index in [4.69, 9.17) is 4.74 Å². The molecule has 1 aliphatic carbocycles. The largest absolute Gasteiger partial charge is 1.00 e. The average Bonchev–Trinajstić information content (AvgIpc) is 3.01. The number of aryl methyl sites for hydroxylation is 3. The molecule has 1 heterocycles. The number of carbonyl (C=O) groups is 1. The van der Waals surface area contributed by atoms with Gasteiger partial charge in [0.2, 0.25) is 0 Å². The van der Waals surface area contributed by atoms with Crippen molar-refractivity contribution in [3.63, 3.8) is 0 Å². The zero-order valence-corrected chi connectivity index (χ0v) is 17.2. The van der Waals surface area contributed by atoms with Gasteiger partial charge in [-0.05, 0) is 63.1 Å². The summed E-state index contributed by atoms with van der Waals surface area (Å²) in [6.07, 6.45) is 3.26. The molecule has 3 rings (SSSR count). The number of carbonyl (C=O) groups excluding carboxylic acids is 1. The summed E-state index contributed by atoms with van der Waals surface area (Å²) in [4.78, 5) is 12.3. The Morgan fingerprint density at radius 3 is 2.00 bits per heavy atom. The summed E-state index contributed by atoms with van der Waals surface area (Å²) in [6, 6.07) is 4.02. The van der Waals surface area contributed by atoms with Crippen molar-refractivity contribution in [2.75, 3.05) is 0 Å². The summed E-state index contributed by atoms with van der Waals surface area (Å²) in [5, 5.41) is 12.7. The molecular weight excluding hydrogens is 299 g/mol. The summed E-state index contributed by atoms with van der Waals surface area (Å²) >= 11 is 0. The van der Waals surface area contributed by atoms with Gasteiger partial charge in [0.25, 0.3) is 0 Å². The molecule has 0 aromatic heterocycles. The maximum atomic E-state index is 12.7. The fraction of sp³-hybridized carbons (Fsp3) is 0.526. The molecule has 2 aliphatic rings. The van der Waals surface area contributed by atoms with Gasteiger partial charge in [-0.3, -0.25) is 0 Å². The van der Waals surface area contributed by atoms with E-state index >= 15 is 0 Å². The van der Waals surface area contributed by atoms with Crippen LogP contribution in [0.25, 0.3) is 5.57 Å². The maximum Gasteiger partial charge on any atom is 1.00 e. The normalized spacial score (nSPS) is 18.4. The molecule has 23 heavy (non-hydrogen) atoms. The van der Waals surface area contributed by atoms with Gasteiger partial charge in [0.05, 0.1) is 5.57 Å². The molecule has 0 amide bonds. The van der Waals surface area contributed by atoms with Gasteiger partial charge in [-0.15, -0.1) is 0 Å². The van der Waals surface area contributed by atoms with Gasteiger partial charge in [0.15, 0.2) is 0 Å². The number of ether oxygens (including phenoxy) is 1. The summed E-state index contributed by atoms with van der Waals surface area (Å²) in [5.41, 5.74) is 3.27. The first kappa shape index (κ1) is 20.3. The minimum absolute atomic E-state index is 0. The van der Waals surface area contributed by atoms with E-state index in [-0.39, 0.29) is 40.9 Å². The van der Waals surface area contributed by atoms with Crippen molar-refractivity contribution >= 4 is 11.5 Å². The SMILES string of the molecule is CC.Cc1cc(C)c(C2=C([O-])C3(CCCC3)OC2=O)c(C)c1.[Na+]. The fourth-order valence-electron chi connectivity index (χ4n) is 3.66. The zero-order valence-electron chi connectivity index (χ0n) is 15.2. The monoisotopic (exact) mass is 324 g/mol. The van der Waals surface area contributed by atoms with Crippen molar-refractivity contribution in [2.45, 2.75) is 65.9 Å². The van der Waals surface area contributed by atoms with Crippen LogP contribution in [0.2, 0.25) is 0 Å². The third-order valence-electron chi connectivity index (χ3n) is 4.47. The molecule has 1 aliphatic heterocycles. The first-order valence-corrected chi connectivity index (χ1v) is 8.18. The Balaban J connectivity index is 0.000000849. The van der Waals surface area contributed by atoms with Gasteiger partial charge in [-0.1, -0.05) is 37.3 Å². The van der Waals surface area contributed by atoms with Gasteiger partial charge in [-0.2, -0.15) is 0 Å². The Bertz CT molecular complexity index is 602. The second kappa shape index (κ2) is 7.87. The zero-order chi connectivity index (χ0) is 16.5. The van der Waals surface area contributed by atoms with Crippen LogP contribution in [0.1, 0.15) is 61.8 Å². The van der Waals surface area contributed by atoms with E-state index in [1.54, 1.807) is 0 Å². The predicted molar refractivity (Wildman–Crippen MR) is 86.2 cm³/mol. The van der Waals surface area contributed by atoms with E-state index in [9.17, 15) is 9.90 Å². The number of esters is 1. The van der Waals surface area contributed by atoms with Crippen LogP contribution in [-0.4, -0.2) is 11.6 Å². The molecule has 0 N–H and O–H groups in total. The first-order valence-electron chi connectivity index (χ1n) is 8.18. The Kier molecular flexibility index (Phi) is 6.94. The van der Waals surface area contributed by atoms with Gasteiger partial charge in [0.1, 0.15) is 5.60 Å². The van der Waals surface area contributed by atoms with Gasteiger partial charge >= 0.3 is 35.5 Å². The van der Waals surface area contributed by atoms with E-state index in [1.807, 2.05) is 46.8 Å². The van der Waals surface area contributed by atoms with Crippen LogP contribution in [0.4, 0.5) is 0 Å². The predicted octanol–water partition coefficient (Wildman–Crippen LogP) is 0.583. The second-order valence-electron chi connectivity index (χ2n) is 6.07. The number of benzene rings is 1. The van der Waals surface area contributed by atoms with Crippen molar-refractivity contribution in [2.24, 2.45) is 0 Å². The van der Waals surface area contributed by atoms with E-state index in [0.717, 1.165) is 35.1 Å². The van der Waals surface area contributed by atoms with E-state index in [0.29, 0.717) is 12.8 Å². The molecule has 1 saturated carbocycles. The number of rotatable bonds is 1. The second-order valence-corrected chi connectivity index (χ2v) is 6.07. The quantitative estimate of drug-likeness (QED) is 0.561. The number of hydrogen-bond donors (Lipinski definition) is 0. The molecule has 4 heteroatoms. The Morgan fingerprint density at radius 1 is 1.04 bits per heavy atom. The van der Waals surface area contributed by atoms with Crippen LogP contribution in [-0.2, 0) is 9.53 Å².